The molecule has 2 saturated heterocycles. The average Bonchev–Trinajstić information content (AvgIpc) is 3.58. The molecular formula is C29H28N4O2S. The molecule has 7 heteroatoms. The number of anilines is 1. The van der Waals surface area contributed by atoms with Gasteiger partial charge in [-0.2, -0.15) is 0 Å². The molecule has 6 nitrogen and oxygen atoms in total. The number of carbonyl (C=O) groups excluding carboxylic acids is 2. The summed E-state index contributed by atoms with van der Waals surface area (Å²) in [6.07, 6.45) is 4.61. The summed E-state index contributed by atoms with van der Waals surface area (Å²) in [6.45, 7) is 2.96. The third-order valence-electron chi connectivity index (χ3n) is 7.60. The van der Waals surface area contributed by atoms with Crippen LogP contribution < -0.4 is 5.32 Å². The van der Waals surface area contributed by atoms with Crippen molar-refractivity contribution in [3.63, 3.8) is 0 Å². The molecule has 1 N–H and O–H groups in total. The molecule has 2 fully saturated rings. The lowest BCUT2D eigenvalue weighted by Gasteiger charge is -2.39. The van der Waals surface area contributed by atoms with Gasteiger partial charge in [0.2, 0.25) is 0 Å². The van der Waals surface area contributed by atoms with Gasteiger partial charge in [-0.1, -0.05) is 42.5 Å². The predicted octanol–water partition coefficient (Wildman–Crippen LogP) is 6.12. The number of benzene rings is 2. The second-order valence-electron chi connectivity index (χ2n) is 9.80. The Labute approximate surface area is 214 Å². The van der Waals surface area contributed by atoms with Crippen molar-refractivity contribution in [2.45, 2.75) is 19.3 Å². The Morgan fingerprint density at radius 3 is 2.39 bits per heavy atom. The number of amides is 3. The van der Waals surface area contributed by atoms with E-state index in [4.69, 9.17) is 0 Å². The van der Waals surface area contributed by atoms with Crippen LogP contribution >= 0.6 is 11.3 Å². The van der Waals surface area contributed by atoms with Crippen LogP contribution in [0.3, 0.4) is 0 Å². The topological polar surface area (TPSA) is 65.5 Å². The second-order valence-corrected chi connectivity index (χ2v) is 10.9. The van der Waals surface area contributed by atoms with Gasteiger partial charge in [0, 0.05) is 37.8 Å². The highest BCUT2D eigenvalue weighted by Gasteiger charge is 2.43. The van der Waals surface area contributed by atoms with Gasteiger partial charge in [-0.05, 0) is 60.4 Å². The number of rotatable bonds is 3. The van der Waals surface area contributed by atoms with Crippen LogP contribution in [0.1, 0.15) is 28.9 Å². The van der Waals surface area contributed by atoms with Gasteiger partial charge >= 0.3 is 6.03 Å². The maximum Gasteiger partial charge on any atom is 0.321 e. The van der Waals surface area contributed by atoms with E-state index in [0.29, 0.717) is 13.1 Å². The number of hydrogen-bond acceptors (Lipinski definition) is 4. The Morgan fingerprint density at radius 1 is 0.833 bits per heavy atom. The minimum atomic E-state index is -0.0484. The maximum absolute atomic E-state index is 13.2. The molecular weight excluding hydrogens is 468 g/mol. The zero-order chi connectivity index (χ0) is 24.5. The number of likely N-dealkylation sites (tertiary alicyclic amines) is 2. The molecule has 0 atom stereocenters. The second kappa shape index (κ2) is 9.39. The molecule has 2 aromatic carbocycles. The summed E-state index contributed by atoms with van der Waals surface area (Å²) in [6, 6.07) is 23.7. The summed E-state index contributed by atoms with van der Waals surface area (Å²) in [7, 11) is 0. The fourth-order valence-electron chi connectivity index (χ4n) is 5.48. The molecule has 0 aliphatic carbocycles. The number of urea groups is 1. The Morgan fingerprint density at radius 2 is 1.58 bits per heavy atom. The van der Waals surface area contributed by atoms with Crippen LogP contribution in [-0.2, 0) is 0 Å². The third-order valence-corrected chi connectivity index (χ3v) is 8.70. The lowest BCUT2D eigenvalue weighted by atomic mass is 9.78. The van der Waals surface area contributed by atoms with Gasteiger partial charge in [0.25, 0.3) is 5.91 Å². The molecule has 2 aliphatic heterocycles. The van der Waals surface area contributed by atoms with E-state index in [1.165, 1.54) is 11.3 Å². The number of aromatic nitrogens is 1. The number of fused-ring (bicyclic) bond motifs is 1. The van der Waals surface area contributed by atoms with Gasteiger partial charge in [-0.25, -0.2) is 4.79 Å². The first-order valence-electron chi connectivity index (χ1n) is 12.4. The van der Waals surface area contributed by atoms with Crippen LogP contribution in [0.5, 0.6) is 0 Å². The van der Waals surface area contributed by atoms with E-state index in [2.05, 4.69) is 22.4 Å². The first kappa shape index (κ1) is 22.7. The largest absolute Gasteiger partial charge is 0.337 e. The average molecular weight is 497 g/mol. The van der Waals surface area contributed by atoms with Crippen LogP contribution in [0, 0.1) is 5.41 Å². The van der Waals surface area contributed by atoms with Crippen molar-refractivity contribution < 1.29 is 9.59 Å². The van der Waals surface area contributed by atoms with Crippen molar-refractivity contribution in [1.82, 2.24) is 14.8 Å². The Hall–Kier alpha value is -3.71. The molecule has 4 aromatic rings. The number of thiophene rings is 1. The van der Waals surface area contributed by atoms with Crippen molar-refractivity contribution in [2.75, 3.05) is 31.5 Å². The zero-order valence-corrected chi connectivity index (χ0v) is 20.8. The number of nitrogens with zero attached hydrogens (tertiary/aromatic N) is 3. The smallest absolute Gasteiger partial charge is 0.321 e. The van der Waals surface area contributed by atoms with Crippen LogP contribution in [-0.4, -0.2) is 52.9 Å². The highest BCUT2D eigenvalue weighted by atomic mass is 32.1. The molecule has 0 radical (unpaired) electrons. The lowest BCUT2D eigenvalue weighted by molar-refractivity contribution is 0.0744. The van der Waals surface area contributed by atoms with E-state index in [1.54, 1.807) is 6.20 Å². The van der Waals surface area contributed by atoms with E-state index in [9.17, 15) is 9.59 Å². The number of carbonyl (C=O) groups is 2. The lowest BCUT2D eigenvalue weighted by Crippen LogP contribution is -2.46. The van der Waals surface area contributed by atoms with Gasteiger partial charge < -0.3 is 15.1 Å². The highest BCUT2D eigenvalue weighted by molar-refractivity contribution is 7.17. The summed E-state index contributed by atoms with van der Waals surface area (Å²) in [5, 5.41) is 5.28. The number of pyridine rings is 1. The van der Waals surface area contributed by atoms with Gasteiger partial charge in [0.05, 0.1) is 21.1 Å². The van der Waals surface area contributed by atoms with E-state index in [0.717, 1.165) is 64.3 Å². The molecule has 0 unspecified atom stereocenters. The Kier molecular flexibility index (Phi) is 5.93. The molecule has 2 aliphatic rings. The molecule has 0 bridgehead atoms. The standard InChI is InChI=1S/C29H28N4O2S/c34-27(26-12-11-25(36-26)24-9-3-4-16-30-24)33-19-15-29(20-33)13-17-32(18-14-29)28(35)31-23-10-5-7-21-6-1-2-8-22(21)23/h1-12,16H,13-15,17-20H2,(H,31,35). The fourth-order valence-corrected chi connectivity index (χ4v) is 6.44. The van der Waals surface area contributed by atoms with Crippen LogP contribution in [0.2, 0.25) is 0 Å². The minimum Gasteiger partial charge on any atom is -0.337 e. The van der Waals surface area contributed by atoms with Gasteiger partial charge in [0.15, 0.2) is 0 Å². The predicted molar refractivity (Wildman–Crippen MR) is 144 cm³/mol. The molecule has 6 rings (SSSR count). The summed E-state index contributed by atoms with van der Waals surface area (Å²) in [5.41, 5.74) is 1.85. The van der Waals surface area contributed by atoms with Crippen molar-refractivity contribution in [3.8, 4) is 10.6 Å². The molecule has 2 aromatic heterocycles. The molecule has 3 amide bonds. The molecule has 182 valence electrons. The monoisotopic (exact) mass is 496 g/mol. The van der Waals surface area contributed by atoms with Crippen molar-refractivity contribution in [2.24, 2.45) is 5.41 Å². The molecule has 0 saturated carbocycles. The van der Waals surface area contributed by atoms with Crippen LogP contribution in [0.15, 0.2) is 79.0 Å². The summed E-state index contributed by atoms with van der Waals surface area (Å²) >= 11 is 1.51. The van der Waals surface area contributed by atoms with E-state index < -0.39 is 0 Å². The maximum atomic E-state index is 13.2. The van der Waals surface area contributed by atoms with E-state index >= 15 is 0 Å². The zero-order valence-electron chi connectivity index (χ0n) is 20.0. The minimum absolute atomic E-state index is 0.0484. The number of nitrogens with one attached hydrogen (secondary N) is 1. The molecule has 4 heterocycles. The SMILES string of the molecule is O=C(Nc1cccc2ccccc12)N1CCC2(CC1)CCN(C(=O)c1ccc(-c3ccccn3)s1)C2. The Bertz CT molecular complexity index is 1400. The fraction of sp³-hybridized carbons (Fsp3) is 0.276. The van der Waals surface area contributed by atoms with Crippen LogP contribution in [0.25, 0.3) is 21.3 Å². The van der Waals surface area contributed by atoms with Crippen molar-refractivity contribution >= 4 is 39.7 Å². The summed E-state index contributed by atoms with van der Waals surface area (Å²) < 4.78 is 0. The quantitative estimate of drug-likeness (QED) is 0.371. The van der Waals surface area contributed by atoms with Crippen LogP contribution in [0.4, 0.5) is 10.5 Å². The van der Waals surface area contributed by atoms with Gasteiger partial charge in [-0.15, -0.1) is 11.3 Å². The Balaban J connectivity index is 1.07. The first-order valence-corrected chi connectivity index (χ1v) is 13.3. The summed E-state index contributed by atoms with van der Waals surface area (Å²) in [5.74, 6) is 0.107. The summed E-state index contributed by atoms with van der Waals surface area (Å²) in [4.78, 5) is 36.4. The van der Waals surface area contributed by atoms with Gasteiger partial charge in [0.1, 0.15) is 0 Å². The van der Waals surface area contributed by atoms with Crippen molar-refractivity contribution in [3.05, 3.63) is 83.9 Å². The van der Waals surface area contributed by atoms with Gasteiger partial charge in [-0.3, -0.25) is 9.78 Å². The first-order chi connectivity index (χ1) is 17.6. The molecule has 1 spiro atoms. The normalized spacial score (nSPS) is 17.0. The van der Waals surface area contributed by atoms with E-state index in [-0.39, 0.29) is 17.4 Å². The van der Waals surface area contributed by atoms with E-state index in [1.807, 2.05) is 70.5 Å². The highest BCUT2D eigenvalue weighted by Crippen LogP contribution is 2.41. The number of piperidine rings is 1. The molecule has 36 heavy (non-hydrogen) atoms. The number of hydrogen-bond donors (Lipinski definition) is 1. The third kappa shape index (κ3) is 4.35. The van der Waals surface area contributed by atoms with Crippen molar-refractivity contribution in [1.29, 1.82) is 0 Å².